The first-order chi connectivity index (χ1) is 7.33. The second-order valence-corrected chi connectivity index (χ2v) is 3.69. The maximum atomic E-state index is 8.89. The number of fused-ring (bicyclic) bond motifs is 1. The zero-order valence-corrected chi connectivity index (χ0v) is 9.78. The van der Waals surface area contributed by atoms with E-state index in [1.165, 1.54) is 10.8 Å². The first-order valence-corrected chi connectivity index (χ1v) is 5.17. The van der Waals surface area contributed by atoms with Gasteiger partial charge in [-0.3, -0.25) is 0 Å². The van der Waals surface area contributed by atoms with Crippen molar-refractivity contribution in [3.05, 3.63) is 48.0 Å². The average Bonchev–Trinajstić information content (AvgIpc) is 2.28. The Labute approximate surface area is 101 Å². The number of halogens is 1. The van der Waals surface area contributed by atoms with Gasteiger partial charge in [-0.05, 0) is 22.8 Å². The number of aliphatic hydroxyl groups excluding tert-OH is 1. The fraction of sp³-hybridized carbons (Fsp3) is 0.231. The lowest BCUT2D eigenvalue weighted by molar-refractivity contribution is 0.277. The van der Waals surface area contributed by atoms with E-state index in [0.29, 0.717) is 6.42 Å². The van der Waals surface area contributed by atoms with Gasteiger partial charge in [0.2, 0.25) is 0 Å². The Hall–Kier alpha value is -1.09. The number of benzene rings is 2. The Balaban J connectivity index is 0.00000128. The van der Waals surface area contributed by atoms with Gasteiger partial charge in [-0.25, -0.2) is 0 Å². The molecule has 2 aromatic rings. The molecule has 86 valence electrons. The minimum Gasteiger partial charge on any atom is -0.396 e. The number of hydrogen-bond acceptors (Lipinski definition) is 2. The van der Waals surface area contributed by atoms with E-state index in [1.54, 1.807) is 0 Å². The SMILES string of the molecule is Cl.N[C@@H](CCO)c1cccc2ccccc12. The van der Waals surface area contributed by atoms with Crippen molar-refractivity contribution in [2.75, 3.05) is 6.61 Å². The standard InChI is InChI=1S/C13H15NO.ClH/c14-13(8-9-15)12-7-3-5-10-4-1-2-6-11(10)12;/h1-7,13,15H,8-9,14H2;1H/t13-;/m0./s1. The summed E-state index contributed by atoms with van der Waals surface area (Å²) in [5, 5.41) is 11.3. The van der Waals surface area contributed by atoms with Crippen LogP contribution >= 0.6 is 12.4 Å². The van der Waals surface area contributed by atoms with Crippen LogP contribution in [0.25, 0.3) is 10.8 Å². The molecule has 0 radical (unpaired) electrons. The van der Waals surface area contributed by atoms with Gasteiger partial charge in [-0.2, -0.15) is 0 Å². The van der Waals surface area contributed by atoms with Crippen LogP contribution in [0.1, 0.15) is 18.0 Å². The lowest BCUT2D eigenvalue weighted by Crippen LogP contribution is -2.12. The van der Waals surface area contributed by atoms with Crippen molar-refractivity contribution in [1.29, 1.82) is 0 Å². The van der Waals surface area contributed by atoms with E-state index in [4.69, 9.17) is 10.8 Å². The Bertz CT molecular complexity index is 453. The smallest absolute Gasteiger partial charge is 0.0449 e. The van der Waals surface area contributed by atoms with Crippen LogP contribution in [-0.2, 0) is 0 Å². The molecule has 0 aliphatic heterocycles. The second-order valence-electron chi connectivity index (χ2n) is 3.69. The van der Waals surface area contributed by atoms with Crippen molar-refractivity contribution in [3.8, 4) is 0 Å². The fourth-order valence-electron chi connectivity index (χ4n) is 1.87. The Morgan fingerprint density at radius 1 is 1.06 bits per heavy atom. The minimum atomic E-state index is -0.0823. The molecule has 2 nitrogen and oxygen atoms in total. The molecule has 0 bridgehead atoms. The highest BCUT2D eigenvalue weighted by Crippen LogP contribution is 2.24. The molecule has 0 aliphatic carbocycles. The second kappa shape index (κ2) is 5.85. The molecule has 0 spiro atoms. The molecular formula is C13H16ClNO. The predicted molar refractivity (Wildman–Crippen MR) is 69.8 cm³/mol. The molecule has 2 aromatic carbocycles. The van der Waals surface area contributed by atoms with Crippen molar-refractivity contribution in [2.24, 2.45) is 5.73 Å². The number of hydrogen-bond donors (Lipinski definition) is 2. The molecule has 0 heterocycles. The normalized spacial score (nSPS) is 12.1. The maximum absolute atomic E-state index is 8.89. The van der Waals surface area contributed by atoms with Gasteiger partial charge in [0.15, 0.2) is 0 Å². The zero-order chi connectivity index (χ0) is 10.7. The van der Waals surface area contributed by atoms with Crippen molar-refractivity contribution in [3.63, 3.8) is 0 Å². The quantitative estimate of drug-likeness (QED) is 0.862. The highest BCUT2D eigenvalue weighted by atomic mass is 35.5. The van der Waals surface area contributed by atoms with Gasteiger partial charge in [0, 0.05) is 12.6 Å². The lowest BCUT2D eigenvalue weighted by atomic mass is 9.98. The summed E-state index contributed by atoms with van der Waals surface area (Å²) in [5.41, 5.74) is 7.12. The summed E-state index contributed by atoms with van der Waals surface area (Å²) in [6.07, 6.45) is 0.605. The molecule has 0 unspecified atom stereocenters. The molecule has 0 saturated heterocycles. The highest BCUT2D eigenvalue weighted by Gasteiger charge is 2.08. The van der Waals surface area contributed by atoms with Crippen LogP contribution in [-0.4, -0.2) is 11.7 Å². The summed E-state index contributed by atoms with van der Waals surface area (Å²) >= 11 is 0. The highest BCUT2D eigenvalue weighted by molar-refractivity contribution is 5.86. The van der Waals surface area contributed by atoms with Crippen LogP contribution in [0.15, 0.2) is 42.5 Å². The van der Waals surface area contributed by atoms with Crippen LogP contribution in [0, 0.1) is 0 Å². The third kappa shape index (κ3) is 2.53. The van der Waals surface area contributed by atoms with Gasteiger partial charge < -0.3 is 10.8 Å². The largest absolute Gasteiger partial charge is 0.396 e. The summed E-state index contributed by atoms with van der Waals surface area (Å²) in [7, 11) is 0. The van der Waals surface area contributed by atoms with E-state index in [2.05, 4.69) is 18.2 Å². The molecule has 3 N–H and O–H groups in total. The third-order valence-electron chi connectivity index (χ3n) is 2.66. The molecule has 0 aliphatic rings. The molecule has 0 amide bonds. The van der Waals surface area contributed by atoms with E-state index < -0.39 is 0 Å². The summed E-state index contributed by atoms with van der Waals surface area (Å²) in [6.45, 7) is 0.129. The third-order valence-corrected chi connectivity index (χ3v) is 2.66. The lowest BCUT2D eigenvalue weighted by Gasteiger charge is -2.13. The van der Waals surface area contributed by atoms with Gasteiger partial charge in [0.05, 0.1) is 0 Å². The summed E-state index contributed by atoms with van der Waals surface area (Å²) in [6, 6.07) is 14.2. The average molecular weight is 238 g/mol. The molecule has 0 saturated carbocycles. The molecule has 3 heteroatoms. The molecular weight excluding hydrogens is 222 g/mol. The van der Waals surface area contributed by atoms with Crippen molar-refractivity contribution < 1.29 is 5.11 Å². The number of rotatable bonds is 3. The Kier molecular flexibility index (Phi) is 4.74. The van der Waals surface area contributed by atoms with Crippen LogP contribution in [0.4, 0.5) is 0 Å². The minimum absolute atomic E-state index is 0. The summed E-state index contributed by atoms with van der Waals surface area (Å²) in [4.78, 5) is 0. The topological polar surface area (TPSA) is 46.2 Å². The predicted octanol–water partition coefficient (Wildman–Crippen LogP) is 2.64. The van der Waals surface area contributed by atoms with Crippen LogP contribution in [0.5, 0.6) is 0 Å². The van der Waals surface area contributed by atoms with Crippen molar-refractivity contribution >= 4 is 23.2 Å². The maximum Gasteiger partial charge on any atom is 0.0449 e. The van der Waals surface area contributed by atoms with E-state index in [1.807, 2.05) is 24.3 Å². The van der Waals surface area contributed by atoms with Gasteiger partial charge in [0.1, 0.15) is 0 Å². The van der Waals surface area contributed by atoms with E-state index in [9.17, 15) is 0 Å². The summed E-state index contributed by atoms with van der Waals surface area (Å²) in [5.74, 6) is 0. The van der Waals surface area contributed by atoms with Gasteiger partial charge >= 0.3 is 0 Å². The molecule has 1 atom stereocenters. The fourth-order valence-corrected chi connectivity index (χ4v) is 1.87. The van der Waals surface area contributed by atoms with E-state index in [0.717, 1.165) is 5.56 Å². The molecule has 16 heavy (non-hydrogen) atoms. The molecule has 0 aromatic heterocycles. The summed E-state index contributed by atoms with van der Waals surface area (Å²) < 4.78 is 0. The first-order valence-electron chi connectivity index (χ1n) is 5.17. The molecule has 2 rings (SSSR count). The molecule has 0 fully saturated rings. The Morgan fingerprint density at radius 2 is 1.75 bits per heavy atom. The number of aliphatic hydroxyl groups is 1. The van der Waals surface area contributed by atoms with E-state index >= 15 is 0 Å². The van der Waals surface area contributed by atoms with Crippen LogP contribution in [0.3, 0.4) is 0 Å². The Morgan fingerprint density at radius 3 is 2.50 bits per heavy atom. The zero-order valence-electron chi connectivity index (χ0n) is 8.97. The van der Waals surface area contributed by atoms with Crippen molar-refractivity contribution in [1.82, 2.24) is 0 Å². The van der Waals surface area contributed by atoms with Gasteiger partial charge in [0.25, 0.3) is 0 Å². The van der Waals surface area contributed by atoms with Crippen molar-refractivity contribution in [2.45, 2.75) is 12.5 Å². The van der Waals surface area contributed by atoms with Crippen LogP contribution < -0.4 is 5.73 Å². The number of nitrogens with two attached hydrogens (primary N) is 1. The van der Waals surface area contributed by atoms with Gasteiger partial charge in [-0.1, -0.05) is 42.5 Å². The monoisotopic (exact) mass is 237 g/mol. The van der Waals surface area contributed by atoms with Gasteiger partial charge in [-0.15, -0.1) is 12.4 Å². The van der Waals surface area contributed by atoms with Crippen LogP contribution in [0.2, 0.25) is 0 Å². The first kappa shape index (κ1) is 13.0. The van der Waals surface area contributed by atoms with E-state index in [-0.39, 0.29) is 25.1 Å².